The normalized spacial score (nSPS) is 15.0. The van der Waals surface area contributed by atoms with Gasteiger partial charge in [-0.15, -0.1) is 10.2 Å². The van der Waals surface area contributed by atoms with E-state index in [1.807, 2.05) is 58.9 Å². The highest BCUT2D eigenvalue weighted by atomic mass is 32.1. The van der Waals surface area contributed by atoms with Crippen molar-refractivity contribution in [1.82, 2.24) is 10.2 Å². The third-order valence-electron chi connectivity index (χ3n) is 6.25. The Morgan fingerprint density at radius 2 is 1.78 bits per heavy atom. The number of carbonyl (C=O) groups excluding carboxylic acids is 1. The van der Waals surface area contributed by atoms with E-state index < -0.39 is 11.9 Å². The van der Waals surface area contributed by atoms with Gasteiger partial charge in [0.1, 0.15) is 10.6 Å². The van der Waals surface area contributed by atoms with Crippen LogP contribution in [0.15, 0.2) is 39.5 Å². The molecule has 8 nitrogen and oxygen atoms in total. The van der Waals surface area contributed by atoms with E-state index in [1.165, 1.54) is 16.2 Å². The first kappa shape index (κ1) is 24.0. The van der Waals surface area contributed by atoms with Gasteiger partial charge in [0.05, 0.1) is 30.2 Å². The molecule has 5 rings (SSSR count). The SMILES string of the molecule is CCCOc1ccc(C2c3c(oc4cc(C)c(C)cc4c3=O)C(=O)N2c2nnc(C)s2)cc1OCC. The molecule has 36 heavy (non-hydrogen) atoms. The van der Waals surface area contributed by atoms with Gasteiger partial charge < -0.3 is 13.9 Å². The molecule has 0 spiro atoms. The van der Waals surface area contributed by atoms with Crippen LogP contribution in [-0.4, -0.2) is 29.3 Å². The van der Waals surface area contributed by atoms with Crippen LogP contribution in [0.1, 0.15) is 64.1 Å². The van der Waals surface area contributed by atoms with Crippen molar-refractivity contribution in [1.29, 1.82) is 0 Å². The molecule has 2 aromatic carbocycles. The van der Waals surface area contributed by atoms with E-state index >= 15 is 0 Å². The molecule has 0 saturated carbocycles. The van der Waals surface area contributed by atoms with Crippen molar-refractivity contribution >= 4 is 33.3 Å². The number of rotatable bonds is 7. The van der Waals surface area contributed by atoms with Crippen LogP contribution in [0.25, 0.3) is 11.0 Å². The first-order valence-electron chi connectivity index (χ1n) is 11.9. The summed E-state index contributed by atoms with van der Waals surface area (Å²) in [6.45, 7) is 10.6. The van der Waals surface area contributed by atoms with Crippen molar-refractivity contribution in [2.45, 2.75) is 47.1 Å². The van der Waals surface area contributed by atoms with Gasteiger partial charge in [0, 0.05) is 0 Å². The molecule has 0 aliphatic carbocycles. The number of anilines is 1. The number of hydrogen-bond acceptors (Lipinski definition) is 8. The molecule has 1 aliphatic heterocycles. The number of aromatic nitrogens is 2. The second-order valence-corrected chi connectivity index (χ2v) is 9.94. The molecule has 1 unspecified atom stereocenters. The lowest BCUT2D eigenvalue weighted by atomic mass is 9.97. The van der Waals surface area contributed by atoms with E-state index in [1.54, 1.807) is 6.07 Å². The molecular weight excluding hydrogens is 478 g/mol. The smallest absolute Gasteiger partial charge is 0.297 e. The van der Waals surface area contributed by atoms with Gasteiger partial charge in [-0.1, -0.05) is 24.3 Å². The number of amides is 1. The van der Waals surface area contributed by atoms with Gasteiger partial charge in [-0.25, -0.2) is 0 Å². The van der Waals surface area contributed by atoms with Crippen LogP contribution < -0.4 is 19.8 Å². The van der Waals surface area contributed by atoms with Crippen LogP contribution >= 0.6 is 11.3 Å². The number of hydrogen-bond donors (Lipinski definition) is 0. The summed E-state index contributed by atoms with van der Waals surface area (Å²) in [5, 5.41) is 9.88. The summed E-state index contributed by atoms with van der Waals surface area (Å²) >= 11 is 1.28. The van der Waals surface area contributed by atoms with E-state index in [9.17, 15) is 9.59 Å². The van der Waals surface area contributed by atoms with Gasteiger partial charge >= 0.3 is 0 Å². The average molecular weight is 506 g/mol. The first-order valence-corrected chi connectivity index (χ1v) is 12.8. The summed E-state index contributed by atoms with van der Waals surface area (Å²) in [6, 6.07) is 8.38. The van der Waals surface area contributed by atoms with E-state index in [2.05, 4.69) is 10.2 Å². The summed E-state index contributed by atoms with van der Waals surface area (Å²) in [7, 11) is 0. The maximum absolute atomic E-state index is 13.9. The Kier molecular flexibility index (Phi) is 6.26. The Hall–Kier alpha value is -3.72. The van der Waals surface area contributed by atoms with Gasteiger partial charge in [0.2, 0.25) is 10.9 Å². The Balaban J connectivity index is 1.76. The highest BCUT2D eigenvalue weighted by molar-refractivity contribution is 7.15. The quantitative estimate of drug-likeness (QED) is 0.327. The number of aryl methyl sites for hydroxylation is 3. The lowest BCUT2D eigenvalue weighted by Gasteiger charge is -2.23. The fraction of sp³-hybridized carbons (Fsp3) is 0.333. The number of benzene rings is 2. The molecule has 3 heterocycles. The van der Waals surface area contributed by atoms with E-state index in [0.29, 0.717) is 51.4 Å². The summed E-state index contributed by atoms with van der Waals surface area (Å²) < 4.78 is 17.8. The fourth-order valence-electron chi connectivity index (χ4n) is 4.42. The second kappa shape index (κ2) is 9.39. The highest BCUT2D eigenvalue weighted by Crippen LogP contribution is 2.44. The van der Waals surface area contributed by atoms with Gasteiger partial charge in [-0.2, -0.15) is 0 Å². The predicted octanol–water partition coefficient (Wildman–Crippen LogP) is 5.51. The van der Waals surface area contributed by atoms with Gasteiger partial charge in [0.15, 0.2) is 16.9 Å². The van der Waals surface area contributed by atoms with Crippen LogP contribution in [0, 0.1) is 20.8 Å². The number of carbonyl (C=O) groups is 1. The van der Waals surface area contributed by atoms with Crippen molar-refractivity contribution in [3.8, 4) is 11.5 Å². The molecule has 1 aliphatic rings. The topological polar surface area (TPSA) is 94.8 Å². The molecule has 1 amide bonds. The number of ether oxygens (including phenoxy) is 2. The highest BCUT2D eigenvalue weighted by Gasteiger charge is 2.45. The maximum atomic E-state index is 13.9. The molecule has 0 saturated heterocycles. The van der Waals surface area contributed by atoms with Crippen molar-refractivity contribution < 1.29 is 18.7 Å². The lowest BCUT2D eigenvalue weighted by molar-refractivity contribution is 0.0970. The minimum absolute atomic E-state index is 0.0258. The summed E-state index contributed by atoms with van der Waals surface area (Å²) in [6.07, 6.45) is 0.856. The third-order valence-corrected chi connectivity index (χ3v) is 7.09. The standard InChI is InChI=1S/C27H27N3O5S/c1-6-10-34-19-9-8-17(13-21(19)33-7-2)23-22-24(31)18-11-14(3)15(4)12-20(18)35-25(22)26(32)30(23)27-29-28-16(5)36-27/h8-9,11-13,23H,6-7,10H2,1-5H3. The monoisotopic (exact) mass is 505 g/mol. The zero-order valence-corrected chi connectivity index (χ0v) is 21.7. The van der Waals surface area contributed by atoms with Crippen molar-refractivity contribution in [2.24, 2.45) is 0 Å². The van der Waals surface area contributed by atoms with Crippen LogP contribution in [-0.2, 0) is 0 Å². The van der Waals surface area contributed by atoms with Crippen LogP contribution in [0.3, 0.4) is 0 Å². The first-order chi connectivity index (χ1) is 17.3. The molecule has 0 bridgehead atoms. The Bertz CT molecular complexity index is 1540. The van der Waals surface area contributed by atoms with Crippen molar-refractivity contribution in [2.75, 3.05) is 18.1 Å². The van der Waals surface area contributed by atoms with E-state index in [-0.39, 0.29) is 16.8 Å². The average Bonchev–Trinajstić information content (AvgIpc) is 3.40. The molecular formula is C27H27N3O5S. The van der Waals surface area contributed by atoms with E-state index in [4.69, 9.17) is 13.9 Å². The number of nitrogens with zero attached hydrogens (tertiary/aromatic N) is 3. The predicted molar refractivity (Wildman–Crippen MR) is 139 cm³/mol. The minimum atomic E-state index is -0.749. The molecule has 2 aromatic heterocycles. The van der Waals surface area contributed by atoms with E-state index in [0.717, 1.165) is 17.5 Å². The zero-order valence-electron chi connectivity index (χ0n) is 20.9. The Labute approximate surface area is 212 Å². The minimum Gasteiger partial charge on any atom is -0.490 e. The largest absolute Gasteiger partial charge is 0.490 e. The maximum Gasteiger partial charge on any atom is 0.297 e. The van der Waals surface area contributed by atoms with Gasteiger partial charge in [-0.3, -0.25) is 14.5 Å². The molecule has 186 valence electrons. The fourth-order valence-corrected chi connectivity index (χ4v) is 5.13. The number of fused-ring (bicyclic) bond motifs is 2. The van der Waals surface area contributed by atoms with Crippen LogP contribution in [0.4, 0.5) is 5.13 Å². The Morgan fingerprint density at radius 3 is 2.47 bits per heavy atom. The Morgan fingerprint density at radius 1 is 1.00 bits per heavy atom. The lowest BCUT2D eigenvalue weighted by Crippen LogP contribution is -2.29. The van der Waals surface area contributed by atoms with Gasteiger partial charge in [0.25, 0.3) is 5.91 Å². The summed E-state index contributed by atoms with van der Waals surface area (Å²) in [4.78, 5) is 29.1. The second-order valence-electron chi connectivity index (χ2n) is 8.78. The summed E-state index contributed by atoms with van der Waals surface area (Å²) in [5.74, 6) is 0.766. The molecule has 9 heteroatoms. The zero-order chi connectivity index (χ0) is 25.6. The third kappa shape index (κ3) is 3.93. The van der Waals surface area contributed by atoms with Crippen LogP contribution in [0.5, 0.6) is 11.5 Å². The summed E-state index contributed by atoms with van der Waals surface area (Å²) in [5.41, 5.74) is 3.09. The molecule has 0 N–H and O–H groups in total. The molecule has 0 radical (unpaired) electrons. The van der Waals surface area contributed by atoms with Crippen LogP contribution in [0.2, 0.25) is 0 Å². The van der Waals surface area contributed by atoms with Crippen molar-refractivity contribution in [3.63, 3.8) is 0 Å². The molecule has 4 aromatic rings. The molecule has 0 fully saturated rings. The van der Waals surface area contributed by atoms with Gasteiger partial charge in [-0.05, 0) is 75.1 Å². The van der Waals surface area contributed by atoms with Crippen molar-refractivity contribution in [3.05, 3.63) is 73.6 Å². The molecule has 1 atom stereocenters.